The maximum atomic E-state index is 10.4. The molecule has 0 aliphatic carbocycles. The Morgan fingerprint density at radius 1 is 1.06 bits per heavy atom. The van der Waals surface area contributed by atoms with E-state index < -0.39 is 6.10 Å². The van der Waals surface area contributed by atoms with Crippen LogP contribution >= 0.6 is 0 Å². The van der Waals surface area contributed by atoms with Gasteiger partial charge in [-0.1, -0.05) is 12.1 Å². The van der Waals surface area contributed by atoms with Crippen molar-refractivity contribution < 1.29 is 19.3 Å². The Morgan fingerprint density at radius 3 is 2.78 bits per heavy atom. The van der Waals surface area contributed by atoms with Crippen LogP contribution in [-0.2, 0) is 4.74 Å². The molecule has 96 valence electrons. The summed E-state index contributed by atoms with van der Waals surface area (Å²) in [5.74, 6) is 1.93. The number of fused-ring (bicyclic) bond motifs is 1. The second-order valence-electron chi connectivity index (χ2n) is 4.37. The lowest BCUT2D eigenvalue weighted by Gasteiger charge is -2.25. The van der Waals surface area contributed by atoms with Crippen molar-refractivity contribution in [3.8, 4) is 11.5 Å². The molecule has 2 aliphatic heterocycles. The van der Waals surface area contributed by atoms with E-state index in [4.69, 9.17) is 14.2 Å². The van der Waals surface area contributed by atoms with Crippen LogP contribution in [0.3, 0.4) is 0 Å². The third-order valence-electron chi connectivity index (χ3n) is 3.12. The van der Waals surface area contributed by atoms with Gasteiger partial charge in [-0.25, -0.2) is 0 Å². The summed E-state index contributed by atoms with van der Waals surface area (Å²) >= 11 is 0. The molecule has 0 saturated heterocycles. The normalized spacial score (nSPS) is 19.7. The van der Waals surface area contributed by atoms with Crippen molar-refractivity contribution >= 4 is 0 Å². The molecule has 0 fully saturated rings. The van der Waals surface area contributed by atoms with Gasteiger partial charge in [-0.3, -0.25) is 0 Å². The Balaban J connectivity index is 1.93. The van der Waals surface area contributed by atoms with Crippen LogP contribution in [0.15, 0.2) is 30.0 Å². The molecule has 0 aromatic heterocycles. The lowest BCUT2D eigenvalue weighted by molar-refractivity contribution is 0.0868. The van der Waals surface area contributed by atoms with E-state index in [1.807, 2.05) is 24.3 Å². The minimum atomic E-state index is -0.776. The molecule has 1 unspecified atom stereocenters. The van der Waals surface area contributed by atoms with Gasteiger partial charge in [0.05, 0.1) is 6.61 Å². The van der Waals surface area contributed by atoms with E-state index in [0.717, 1.165) is 12.8 Å². The fraction of sp³-hybridized carbons (Fsp3) is 0.429. The number of aliphatic hydroxyl groups excluding tert-OH is 1. The quantitative estimate of drug-likeness (QED) is 0.871. The summed E-state index contributed by atoms with van der Waals surface area (Å²) in [6.07, 6.45) is 3.11. The highest BCUT2D eigenvalue weighted by Crippen LogP contribution is 2.39. The molecule has 2 aliphatic rings. The third-order valence-corrected chi connectivity index (χ3v) is 3.12. The van der Waals surface area contributed by atoms with Crippen LogP contribution in [0.5, 0.6) is 11.5 Å². The topological polar surface area (TPSA) is 47.9 Å². The van der Waals surface area contributed by atoms with E-state index in [1.54, 1.807) is 0 Å². The van der Waals surface area contributed by atoms with Gasteiger partial charge in [0, 0.05) is 5.56 Å². The maximum Gasteiger partial charge on any atom is 0.167 e. The molecule has 2 heterocycles. The number of rotatable bonds is 2. The summed E-state index contributed by atoms with van der Waals surface area (Å²) in [6.45, 7) is 1.72. The highest BCUT2D eigenvalue weighted by atomic mass is 16.6. The van der Waals surface area contributed by atoms with Gasteiger partial charge in [-0.2, -0.15) is 0 Å². The summed E-state index contributed by atoms with van der Waals surface area (Å²) in [5.41, 5.74) is 0.709. The summed E-state index contributed by atoms with van der Waals surface area (Å²) < 4.78 is 16.6. The first kappa shape index (κ1) is 11.4. The molecular weight excluding hydrogens is 232 g/mol. The van der Waals surface area contributed by atoms with Crippen LogP contribution < -0.4 is 9.47 Å². The number of hydrogen-bond acceptors (Lipinski definition) is 4. The first-order valence-electron chi connectivity index (χ1n) is 6.25. The molecular formula is C14H16O4. The van der Waals surface area contributed by atoms with Crippen molar-refractivity contribution in [1.29, 1.82) is 0 Å². The molecule has 0 radical (unpaired) electrons. The van der Waals surface area contributed by atoms with Crippen molar-refractivity contribution in [3.05, 3.63) is 35.6 Å². The van der Waals surface area contributed by atoms with E-state index >= 15 is 0 Å². The average molecular weight is 248 g/mol. The smallest absolute Gasteiger partial charge is 0.167 e. The van der Waals surface area contributed by atoms with Crippen LogP contribution in [0, 0.1) is 0 Å². The first-order valence-corrected chi connectivity index (χ1v) is 6.25. The van der Waals surface area contributed by atoms with E-state index in [9.17, 15) is 5.11 Å². The van der Waals surface area contributed by atoms with E-state index in [0.29, 0.717) is 42.6 Å². The lowest BCUT2D eigenvalue weighted by atomic mass is 10.0. The molecule has 1 N–H and O–H groups in total. The SMILES string of the molecule is OC(C1=CCCCO1)c1cccc2c1OCCO2. The van der Waals surface area contributed by atoms with Crippen molar-refractivity contribution in [2.45, 2.75) is 18.9 Å². The molecule has 0 amide bonds. The monoisotopic (exact) mass is 248 g/mol. The number of aliphatic hydroxyl groups is 1. The Kier molecular flexibility index (Phi) is 3.11. The summed E-state index contributed by atoms with van der Waals surface area (Å²) in [5, 5.41) is 10.4. The standard InChI is InChI=1S/C14H16O4/c15-13(11-5-1-2-7-16-11)10-4-3-6-12-14(10)18-9-8-17-12/h3-6,13,15H,1-2,7-9H2. The Bertz CT molecular complexity index is 467. The highest BCUT2D eigenvalue weighted by molar-refractivity contribution is 5.49. The summed E-state index contributed by atoms with van der Waals surface area (Å²) in [4.78, 5) is 0. The van der Waals surface area contributed by atoms with Crippen molar-refractivity contribution in [2.75, 3.05) is 19.8 Å². The lowest BCUT2D eigenvalue weighted by Crippen LogP contribution is -2.18. The zero-order valence-electron chi connectivity index (χ0n) is 10.1. The van der Waals surface area contributed by atoms with Crippen LogP contribution in [-0.4, -0.2) is 24.9 Å². The van der Waals surface area contributed by atoms with Gasteiger partial charge >= 0.3 is 0 Å². The maximum absolute atomic E-state index is 10.4. The highest BCUT2D eigenvalue weighted by Gasteiger charge is 2.24. The fourth-order valence-corrected chi connectivity index (χ4v) is 2.23. The van der Waals surface area contributed by atoms with Crippen LogP contribution in [0.4, 0.5) is 0 Å². The predicted octanol–water partition coefficient (Wildman–Crippen LogP) is 2.19. The molecule has 18 heavy (non-hydrogen) atoms. The number of benzene rings is 1. The number of para-hydroxylation sites is 1. The van der Waals surface area contributed by atoms with Gasteiger partial charge in [0.25, 0.3) is 0 Å². The first-order chi connectivity index (χ1) is 8.86. The second kappa shape index (κ2) is 4.90. The van der Waals surface area contributed by atoms with Gasteiger partial charge in [-0.05, 0) is 25.0 Å². The minimum absolute atomic E-state index is 0.511. The number of hydrogen-bond donors (Lipinski definition) is 1. The van der Waals surface area contributed by atoms with E-state index in [2.05, 4.69) is 0 Å². The van der Waals surface area contributed by atoms with E-state index in [1.165, 1.54) is 0 Å². The molecule has 1 atom stereocenters. The molecule has 0 bridgehead atoms. The molecule has 0 saturated carbocycles. The van der Waals surface area contributed by atoms with Gasteiger partial charge in [-0.15, -0.1) is 0 Å². The summed E-state index contributed by atoms with van der Waals surface area (Å²) in [7, 11) is 0. The van der Waals surface area contributed by atoms with E-state index in [-0.39, 0.29) is 0 Å². The third kappa shape index (κ3) is 2.04. The number of allylic oxidation sites excluding steroid dienone is 1. The second-order valence-corrected chi connectivity index (χ2v) is 4.37. The van der Waals surface area contributed by atoms with Crippen molar-refractivity contribution in [3.63, 3.8) is 0 Å². The zero-order valence-corrected chi connectivity index (χ0v) is 10.1. The predicted molar refractivity (Wildman–Crippen MR) is 65.7 cm³/mol. The van der Waals surface area contributed by atoms with Crippen molar-refractivity contribution in [2.24, 2.45) is 0 Å². The largest absolute Gasteiger partial charge is 0.495 e. The average Bonchev–Trinajstić information content (AvgIpc) is 2.47. The fourth-order valence-electron chi connectivity index (χ4n) is 2.23. The van der Waals surface area contributed by atoms with Gasteiger partial charge < -0.3 is 19.3 Å². The Hall–Kier alpha value is -1.68. The van der Waals surface area contributed by atoms with Crippen LogP contribution in [0.25, 0.3) is 0 Å². The zero-order chi connectivity index (χ0) is 12.4. The Labute approximate surface area is 106 Å². The molecule has 3 rings (SSSR count). The molecule has 0 spiro atoms. The Morgan fingerprint density at radius 2 is 1.94 bits per heavy atom. The summed E-state index contributed by atoms with van der Waals surface area (Å²) in [6, 6.07) is 5.55. The van der Waals surface area contributed by atoms with Gasteiger partial charge in [0.2, 0.25) is 0 Å². The van der Waals surface area contributed by atoms with Gasteiger partial charge in [0.1, 0.15) is 25.1 Å². The number of ether oxygens (including phenoxy) is 3. The van der Waals surface area contributed by atoms with Gasteiger partial charge in [0.15, 0.2) is 11.5 Å². The molecule has 1 aromatic rings. The van der Waals surface area contributed by atoms with Crippen LogP contribution in [0.2, 0.25) is 0 Å². The van der Waals surface area contributed by atoms with Crippen molar-refractivity contribution in [1.82, 2.24) is 0 Å². The van der Waals surface area contributed by atoms with Crippen LogP contribution in [0.1, 0.15) is 24.5 Å². The molecule has 1 aromatic carbocycles. The molecule has 4 nitrogen and oxygen atoms in total. The minimum Gasteiger partial charge on any atom is -0.495 e. The molecule has 4 heteroatoms.